The number of piperidine rings is 1. The van der Waals surface area contributed by atoms with E-state index in [2.05, 4.69) is 53.5 Å². The van der Waals surface area contributed by atoms with Gasteiger partial charge >= 0.3 is 5.97 Å². The van der Waals surface area contributed by atoms with E-state index in [-0.39, 0.29) is 0 Å². The van der Waals surface area contributed by atoms with Crippen LogP contribution >= 0.6 is 0 Å². The maximum absolute atomic E-state index is 11.4. The van der Waals surface area contributed by atoms with Crippen molar-refractivity contribution in [1.82, 2.24) is 10.2 Å². The predicted molar refractivity (Wildman–Crippen MR) is 122 cm³/mol. The number of rotatable bonds is 8. The van der Waals surface area contributed by atoms with Crippen molar-refractivity contribution in [1.29, 1.82) is 0 Å². The number of nitrogens with one attached hydrogen (secondary N) is 1. The summed E-state index contributed by atoms with van der Waals surface area (Å²) in [7, 11) is 0. The highest BCUT2D eigenvalue weighted by Crippen LogP contribution is 2.51. The molecule has 1 aliphatic heterocycles. The molecule has 2 saturated carbocycles. The van der Waals surface area contributed by atoms with Gasteiger partial charge in [-0.25, -0.2) is 0 Å². The average molecular weight is 411 g/mol. The molecule has 2 N–H and O–H groups in total. The van der Waals surface area contributed by atoms with Crippen LogP contribution in [0.3, 0.4) is 0 Å². The first-order valence-corrected chi connectivity index (χ1v) is 11.8. The van der Waals surface area contributed by atoms with Crippen molar-refractivity contribution in [3.8, 4) is 0 Å². The normalized spacial score (nSPS) is 27.1. The summed E-state index contributed by atoms with van der Waals surface area (Å²) >= 11 is 0. The van der Waals surface area contributed by atoms with Crippen molar-refractivity contribution in [2.75, 3.05) is 19.6 Å². The molecule has 0 bridgehead atoms. The van der Waals surface area contributed by atoms with Crippen molar-refractivity contribution in [3.05, 3.63) is 41.5 Å². The highest BCUT2D eigenvalue weighted by Gasteiger charge is 2.49. The van der Waals surface area contributed by atoms with Gasteiger partial charge in [0.15, 0.2) is 0 Å². The van der Waals surface area contributed by atoms with Crippen LogP contribution in [0, 0.1) is 16.7 Å². The lowest BCUT2D eigenvalue weighted by Gasteiger charge is -2.53. The minimum Gasteiger partial charge on any atom is -0.481 e. The molecule has 4 nitrogen and oxygen atoms in total. The molecule has 30 heavy (non-hydrogen) atoms. The van der Waals surface area contributed by atoms with Crippen LogP contribution in [0.15, 0.2) is 35.9 Å². The van der Waals surface area contributed by atoms with Gasteiger partial charge in [0, 0.05) is 18.6 Å². The molecular weight excluding hydrogens is 372 g/mol. The van der Waals surface area contributed by atoms with Gasteiger partial charge in [0.2, 0.25) is 0 Å². The fraction of sp³-hybridized carbons (Fsp3) is 0.654. The number of hydrogen-bond acceptors (Lipinski definition) is 3. The third kappa shape index (κ3) is 4.81. The van der Waals surface area contributed by atoms with Gasteiger partial charge in [-0.05, 0) is 82.4 Å². The Morgan fingerprint density at radius 3 is 2.50 bits per heavy atom. The van der Waals surface area contributed by atoms with E-state index in [1.54, 1.807) is 5.57 Å². The maximum Gasteiger partial charge on any atom is 0.310 e. The molecule has 1 aromatic carbocycles. The van der Waals surface area contributed by atoms with Crippen molar-refractivity contribution in [2.24, 2.45) is 16.7 Å². The number of carbonyl (C=O) groups is 1. The summed E-state index contributed by atoms with van der Waals surface area (Å²) in [6, 6.07) is 12.0. The van der Waals surface area contributed by atoms with Crippen LogP contribution in [-0.4, -0.2) is 47.7 Å². The molecule has 0 aromatic heterocycles. The lowest BCUT2D eigenvalue weighted by atomic mass is 9.60. The number of likely N-dealkylation sites (tertiary alicyclic amines) is 1. The quantitative estimate of drug-likeness (QED) is 0.645. The van der Waals surface area contributed by atoms with Gasteiger partial charge in [0.1, 0.15) is 0 Å². The zero-order valence-corrected chi connectivity index (χ0v) is 18.9. The molecule has 1 heterocycles. The second-order valence-corrected chi connectivity index (χ2v) is 10.7. The molecule has 164 valence electrons. The zero-order valence-electron chi connectivity index (χ0n) is 18.9. The lowest BCUT2D eigenvalue weighted by molar-refractivity contribution is -0.148. The van der Waals surface area contributed by atoms with Gasteiger partial charge in [-0.2, -0.15) is 0 Å². The SMILES string of the molecule is CCC(=Cc1ccccc1)[C@@H]1C[C@H]1NC1CC2(CCN(CC(C)(C)C(=O)O)CC2)C1. The molecule has 3 fully saturated rings. The largest absolute Gasteiger partial charge is 0.481 e. The molecule has 1 saturated heterocycles. The standard InChI is InChI=1S/C26H38N2O2/c1-4-20(14-19-8-6-5-7-9-19)22-15-23(22)27-21-16-26(17-21)10-12-28(13-11-26)18-25(2,3)24(29)30/h5-9,14,21-23,27H,4,10-13,15-18H2,1-3H3,(H,29,30)/t22-,23+/m0/s1. The minimum absolute atomic E-state index is 0.513. The van der Waals surface area contributed by atoms with Crippen molar-refractivity contribution in [2.45, 2.75) is 71.4 Å². The smallest absolute Gasteiger partial charge is 0.310 e. The number of carboxylic acid groups (broad SMARTS) is 1. The number of benzene rings is 1. The molecule has 0 radical (unpaired) electrons. The van der Waals surface area contributed by atoms with E-state index < -0.39 is 11.4 Å². The van der Waals surface area contributed by atoms with Gasteiger partial charge in [-0.1, -0.05) is 48.9 Å². The molecule has 1 spiro atoms. The van der Waals surface area contributed by atoms with Crippen LogP contribution in [0.4, 0.5) is 0 Å². The maximum atomic E-state index is 11.4. The summed E-state index contributed by atoms with van der Waals surface area (Å²) in [5.74, 6) is 0.0225. The van der Waals surface area contributed by atoms with Crippen LogP contribution in [0.1, 0.15) is 64.9 Å². The predicted octanol–water partition coefficient (Wildman–Crippen LogP) is 4.81. The Kier molecular flexibility index (Phi) is 6.09. The molecular formula is C26H38N2O2. The van der Waals surface area contributed by atoms with Gasteiger partial charge in [-0.15, -0.1) is 0 Å². The molecule has 0 amide bonds. The Bertz CT molecular complexity index is 769. The molecule has 0 unspecified atom stereocenters. The van der Waals surface area contributed by atoms with E-state index in [0.29, 0.717) is 30.0 Å². The van der Waals surface area contributed by atoms with Crippen LogP contribution in [0.25, 0.3) is 6.08 Å². The first kappa shape index (κ1) is 21.6. The summed E-state index contributed by atoms with van der Waals surface area (Å²) in [5, 5.41) is 13.3. The first-order valence-electron chi connectivity index (χ1n) is 11.8. The fourth-order valence-electron chi connectivity index (χ4n) is 5.65. The summed E-state index contributed by atoms with van der Waals surface area (Å²) in [5.41, 5.74) is 2.77. The highest BCUT2D eigenvalue weighted by atomic mass is 16.4. The minimum atomic E-state index is -0.692. The van der Waals surface area contributed by atoms with E-state index in [9.17, 15) is 9.90 Å². The molecule has 4 rings (SSSR count). The van der Waals surface area contributed by atoms with Crippen molar-refractivity contribution < 1.29 is 9.90 Å². The van der Waals surface area contributed by atoms with Crippen molar-refractivity contribution >= 4 is 12.0 Å². The van der Waals surface area contributed by atoms with Crippen LogP contribution < -0.4 is 5.32 Å². The van der Waals surface area contributed by atoms with E-state index in [1.165, 1.54) is 37.7 Å². The summed E-state index contributed by atoms with van der Waals surface area (Å²) < 4.78 is 0. The molecule has 3 aliphatic rings. The Labute approximate surface area is 181 Å². The molecule has 4 heteroatoms. The highest BCUT2D eigenvalue weighted by molar-refractivity contribution is 5.73. The summed E-state index contributed by atoms with van der Waals surface area (Å²) in [6.07, 6.45) is 9.87. The van der Waals surface area contributed by atoms with Gasteiger partial charge in [0.25, 0.3) is 0 Å². The number of hydrogen-bond donors (Lipinski definition) is 2. The average Bonchev–Trinajstić information content (AvgIpc) is 3.46. The van der Waals surface area contributed by atoms with Gasteiger partial charge < -0.3 is 15.3 Å². The molecule has 2 aliphatic carbocycles. The van der Waals surface area contributed by atoms with E-state index >= 15 is 0 Å². The van der Waals surface area contributed by atoms with E-state index in [1.807, 2.05) is 13.8 Å². The number of carboxylic acids is 1. The Balaban J connectivity index is 1.21. The first-order chi connectivity index (χ1) is 14.3. The Morgan fingerprint density at radius 2 is 1.90 bits per heavy atom. The fourth-order valence-corrected chi connectivity index (χ4v) is 5.65. The van der Waals surface area contributed by atoms with Crippen molar-refractivity contribution in [3.63, 3.8) is 0 Å². The van der Waals surface area contributed by atoms with Gasteiger partial charge in [0.05, 0.1) is 5.41 Å². The topological polar surface area (TPSA) is 52.6 Å². The monoisotopic (exact) mass is 410 g/mol. The second kappa shape index (κ2) is 8.47. The lowest BCUT2D eigenvalue weighted by Crippen LogP contribution is -2.55. The third-order valence-corrected chi connectivity index (χ3v) is 7.75. The Hall–Kier alpha value is -1.65. The van der Waals surface area contributed by atoms with Gasteiger partial charge in [-0.3, -0.25) is 4.79 Å². The number of nitrogens with zero attached hydrogens (tertiary/aromatic N) is 1. The van der Waals surface area contributed by atoms with E-state index in [0.717, 1.165) is 19.5 Å². The third-order valence-electron chi connectivity index (χ3n) is 7.75. The van der Waals surface area contributed by atoms with E-state index in [4.69, 9.17) is 0 Å². The summed E-state index contributed by atoms with van der Waals surface area (Å²) in [4.78, 5) is 13.8. The number of aliphatic carboxylic acids is 1. The zero-order chi connectivity index (χ0) is 21.4. The van der Waals surface area contributed by atoms with Crippen LogP contribution in [0.5, 0.6) is 0 Å². The Morgan fingerprint density at radius 1 is 1.23 bits per heavy atom. The molecule has 1 aromatic rings. The van der Waals surface area contributed by atoms with Crippen LogP contribution in [0.2, 0.25) is 0 Å². The molecule has 2 atom stereocenters. The van der Waals surface area contributed by atoms with Crippen LogP contribution in [-0.2, 0) is 4.79 Å². The second-order valence-electron chi connectivity index (χ2n) is 10.7. The summed E-state index contributed by atoms with van der Waals surface area (Å²) in [6.45, 7) is 8.72.